The summed E-state index contributed by atoms with van der Waals surface area (Å²) in [4.78, 5) is 50.7. The molecule has 11 heteroatoms. The summed E-state index contributed by atoms with van der Waals surface area (Å²) < 4.78 is 15.6. The number of piperazine rings is 1. The lowest BCUT2D eigenvalue weighted by molar-refractivity contribution is -0.137. The molecule has 0 bridgehead atoms. The van der Waals surface area contributed by atoms with Gasteiger partial charge in [0.2, 0.25) is 11.8 Å². The normalized spacial score (nSPS) is 22.9. The number of carbonyl (C=O) groups is 3. The highest BCUT2D eigenvalue weighted by Crippen LogP contribution is 2.48. The number of likely N-dealkylation sites (N-methyl/N-ethyl adjacent to an activating group) is 1. The van der Waals surface area contributed by atoms with E-state index in [1.807, 2.05) is 45.0 Å². The van der Waals surface area contributed by atoms with Crippen molar-refractivity contribution < 1.29 is 18.8 Å². The fraction of sp³-hybridized carbons (Fsp3) is 0.583. The second-order valence-electron chi connectivity index (χ2n) is 14.4. The van der Waals surface area contributed by atoms with Gasteiger partial charge < -0.3 is 29.8 Å². The summed E-state index contributed by atoms with van der Waals surface area (Å²) in [5.41, 5.74) is 3.38. The third kappa shape index (κ3) is 7.41. The van der Waals surface area contributed by atoms with Crippen LogP contribution in [0, 0.1) is 11.2 Å². The molecular formula is C36H49FN6O3S. The zero-order chi connectivity index (χ0) is 33.3. The Kier molecular flexibility index (Phi) is 10.0. The van der Waals surface area contributed by atoms with E-state index >= 15 is 4.39 Å². The van der Waals surface area contributed by atoms with Gasteiger partial charge in [0.25, 0.3) is 0 Å². The van der Waals surface area contributed by atoms with Crippen LogP contribution in [0.15, 0.2) is 42.5 Å². The number of piperidine rings is 1. The molecule has 47 heavy (non-hydrogen) atoms. The average Bonchev–Trinajstić information content (AvgIpc) is 3.37. The van der Waals surface area contributed by atoms with Gasteiger partial charge in [-0.3, -0.25) is 9.59 Å². The molecule has 4 amide bonds. The molecule has 9 nitrogen and oxygen atoms in total. The second-order valence-corrected chi connectivity index (χ2v) is 15.7. The molecule has 2 unspecified atom stereocenters. The molecule has 1 N–H and O–H groups in total. The fourth-order valence-corrected chi connectivity index (χ4v) is 8.73. The summed E-state index contributed by atoms with van der Waals surface area (Å²) in [7, 11) is 0. The maximum Gasteiger partial charge on any atom is 0.322 e. The topological polar surface area (TPSA) is 79.4 Å². The highest BCUT2D eigenvalue weighted by atomic mass is 32.2. The van der Waals surface area contributed by atoms with Crippen molar-refractivity contribution in [3.63, 3.8) is 0 Å². The van der Waals surface area contributed by atoms with Crippen LogP contribution >= 0.6 is 11.8 Å². The summed E-state index contributed by atoms with van der Waals surface area (Å²) in [6.45, 7) is 15.0. The minimum Gasteiger partial charge on any atom is -0.366 e. The highest BCUT2D eigenvalue weighted by molar-refractivity contribution is 8.01. The van der Waals surface area contributed by atoms with Crippen molar-refractivity contribution in [2.24, 2.45) is 5.41 Å². The molecule has 0 aliphatic carbocycles. The predicted molar refractivity (Wildman–Crippen MR) is 186 cm³/mol. The van der Waals surface area contributed by atoms with Crippen molar-refractivity contribution >= 4 is 41.0 Å². The van der Waals surface area contributed by atoms with E-state index in [0.717, 1.165) is 56.0 Å². The summed E-state index contributed by atoms with van der Waals surface area (Å²) in [5.74, 6) is -0.332. The van der Waals surface area contributed by atoms with Crippen LogP contribution in [-0.4, -0.2) is 101 Å². The van der Waals surface area contributed by atoms with Gasteiger partial charge in [0, 0.05) is 76.1 Å². The highest BCUT2D eigenvalue weighted by Gasteiger charge is 2.44. The third-order valence-electron chi connectivity index (χ3n) is 10.1. The number of hydrogen-bond acceptors (Lipinski definition) is 6. The summed E-state index contributed by atoms with van der Waals surface area (Å²) in [6, 6.07) is 13.0. The first-order valence-corrected chi connectivity index (χ1v) is 18.1. The number of nitrogens with zero attached hydrogens (tertiary/aromatic N) is 5. The smallest absolute Gasteiger partial charge is 0.322 e. The molecule has 0 radical (unpaired) electrons. The number of hydrogen-bond donors (Lipinski definition) is 1. The zero-order valence-electron chi connectivity index (χ0n) is 28.2. The second kappa shape index (κ2) is 14.0. The molecule has 4 aliphatic rings. The maximum atomic E-state index is 15.6. The standard InChI is InChI=1S/C36H49FN6O3S/c1-5-39-19-21-41(22-20-39)32-27(10-8-11-28(32)37)34-42(18-15-36(2,3)4)33(45)30(47-34)23-31(44)40-16-13-26(14-17-40)43-24-25-9-6-7-12-29(25)38-35(43)46/h6-12,26,30,34H,5,13-24H2,1-4H3,(H,38,46). The number of rotatable bonds is 8. The van der Waals surface area contributed by atoms with Crippen molar-refractivity contribution in [2.75, 3.05) is 62.6 Å². The van der Waals surface area contributed by atoms with Gasteiger partial charge in [-0.05, 0) is 48.9 Å². The first-order valence-electron chi connectivity index (χ1n) is 17.2. The number of fused-ring (bicyclic) bond motifs is 1. The van der Waals surface area contributed by atoms with E-state index in [9.17, 15) is 14.4 Å². The minimum absolute atomic E-state index is 0.0162. The number of amides is 4. The number of anilines is 2. The van der Waals surface area contributed by atoms with E-state index < -0.39 is 5.25 Å². The van der Waals surface area contributed by atoms with Gasteiger partial charge in [-0.25, -0.2) is 9.18 Å². The Labute approximate surface area is 282 Å². The van der Waals surface area contributed by atoms with Crippen LogP contribution in [0.3, 0.4) is 0 Å². The first kappa shape index (κ1) is 33.6. The Morgan fingerprint density at radius 3 is 2.40 bits per heavy atom. The molecule has 2 aromatic carbocycles. The molecule has 2 atom stereocenters. The van der Waals surface area contributed by atoms with Crippen molar-refractivity contribution in [2.45, 2.75) is 76.6 Å². The van der Waals surface area contributed by atoms with Gasteiger partial charge in [0.15, 0.2) is 0 Å². The molecule has 0 aromatic heterocycles. The number of para-hydroxylation sites is 2. The van der Waals surface area contributed by atoms with Crippen molar-refractivity contribution in [1.29, 1.82) is 0 Å². The Morgan fingerprint density at radius 2 is 1.70 bits per heavy atom. The van der Waals surface area contributed by atoms with Gasteiger partial charge in [0.05, 0.1) is 10.9 Å². The molecule has 4 aliphatic heterocycles. The van der Waals surface area contributed by atoms with Gasteiger partial charge in [-0.1, -0.05) is 58.0 Å². The number of urea groups is 1. The maximum absolute atomic E-state index is 15.6. The number of benzene rings is 2. The zero-order valence-corrected chi connectivity index (χ0v) is 29.0. The molecule has 0 saturated carbocycles. The van der Waals surface area contributed by atoms with Crippen molar-refractivity contribution in [3.05, 3.63) is 59.4 Å². The molecule has 3 fully saturated rings. The van der Waals surface area contributed by atoms with Gasteiger partial charge in [-0.2, -0.15) is 0 Å². The summed E-state index contributed by atoms with van der Waals surface area (Å²) in [5, 5.41) is 2.12. The largest absolute Gasteiger partial charge is 0.366 e. The number of halogens is 1. The van der Waals surface area contributed by atoms with Crippen LogP contribution in [0.1, 0.15) is 69.9 Å². The Balaban J connectivity index is 1.14. The average molecular weight is 665 g/mol. The lowest BCUT2D eigenvalue weighted by Crippen LogP contribution is -2.51. The predicted octanol–water partition coefficient (Wildman–Crippen LogP) is 5.78. The number of nitrogens with one attached hydrogen (secondary N) is 1. The molecule has 0 spiro atoms. The van der Waals surface area contributed by atoms with E-state index in [4.69, 9.17) is 0 Å². The van der Waals surface area contributed by atoms with E-state index in [0.29, 0.717) is 44.7 Å². The molecule has 2 aromatic rings. The van der Waals surface area contributed by atoms with E-state index in [1.165, 1.54) is 17.8 Å². The van der Waals surface area contributed by atoms with E-state index in [2.05, 4.69) is 42.8 Å². The Morgan fingerprint density at radius 1 is 0.979 bits per heavy atom. The number of thioether (sulfide) groups is 1. The fourth-order valence-electron chi connectivity index (χ4n) is 7.23. The number of likely N-dealkylation sites (tertiary alicyclic amines) is 1. The van der Waals surface area contributed by atoms with E-state index in [-0.39, 0.29) is 46.9 Å². The third-order valence-corrected chi connectivity index (χ3v) is 11.6. The number of carbonyl (C=O) groups excluding carboxylic acids is 3. The lowest BCUT2D eigenvalue weighted by atomic mass is 9.92. The van der Waals surface area contributed by atoms with Crippen LogP contribution in [0.4, 0.5) is 20.6 Å². The van der Waals surface area contributed by atoms with Gasteiger partial charge >= 0.3 is 6.03 Å². The Bertz CT molecular complexity index is 1470. The van der Waals surface area contributed by atoms with Crippen LogP contribution in [0.5, 0.6) is 0 Å². The van der Waals surface area contributed by atoms with Crippen LogP contribution < -0.4 is 10.2 Å². The van der Waals surface area contributed by atoms with Gasteiger partial charge in [-0.15, -0.1) is 11.8 Å². The SMILES string of the molecule is CCN1CCN(c2c(F)cccc2C2SC(CC(=O)N3CCC(N4Cc5ccccc5NC4=O)CC3)C(=O)N2CCC(C)(C)C)CC1. The van der Waals surface area contributed by atoms with E-state index in [1.54, 1.807) is 6.07 Å². The molecule has 6 rings (SSSR count). The monoisotopic (exact) mass is 664 g/mol. The molecule has 3 saturated heterocycles. The summed E-state index contributed by atoms with van der Waals surface area (Å²) >= 11 is 1.50. The molecule has 4 heterocycles. The van der Waals surface area contributed by atoms with Crippen molar-refractivity contribution in [3.8, 4) is 0 Å². The van der Waals surface area contributed by atoms with Gasteiger partial charge in [0.1, 0.15) is 11.2 Å². The summed E-state index contributed by atoms with van der Waals surface area (Å²) in [6.07, 6.45) is 2.32. The molecule has 254 valence electrons. The van der Waals surface area contributed by atoms with Crippen LogP contribution in [0.2, 0.25) is 0 Å². The minimum atomic E-state index is -0.525. The van der Waals surface area contributed by atoms with Crippen LogP contribution in [0.25, 0.3) is 0 Å². The van der Waals surface area contributed by atoms with Crippen molar-refractivity contribution in [1.82, 2.24) is 19.6 Å². The van der Waals surface area contributed by atoms with Crippen LogP contribution in [-0.2, 0) is 16.1 Å². The first-order chi connectivity index (χ1) is 22.5. The quantitative estimate of drug-likeness (QED) is 0.386. The molecular weight excluding hydrogens is 616 g/mol. The Hall–Kier alpha value is -3.31. The lowest BCUT2D eigenvalue weighted by Gasteiger charge is -2.40.